The number of fused-ring (bicyclic) bond motifs is 3. The van der Waals surface area contributed by atoms with Gasteiger partial charge in [0.05, 0.1) is 17.6 Å². The van der Waals surface area contributed by atoms with E-state index in [0.29, 0.717) is 13.2 Å². The van der Waals surface area contributed by atoms with Crippen LogP contribution >= 0.6 is 11.8 Å². The van der Waals surface area contributed by atoms with Gasteiger partial charge in [0.2, 0.25) is 0 Å². The highest BCUT2D eigenvalue weighted by molar-refractivity contribution is 8.00. The minimum absolute atomic E-state index is 0.631. The van der Waals surface area contributed by atoms with Crippen molar-refractivity contribution in [3.63, 3.8) is 0 Å². The number of pyridine rings is 1. The van der Waals surface area contributed by atoms with Gasteiger partial charge in [0, 0.05) is 80.0 Å². The number of thioether (sulfide) groups is 1. The quantitative estimate of drug-likeness (QED) is 0.291. The van der Waals surface area contributed by atoms with Crippen LogP contribution < -0.4 is 15.8 Å². The Morgan fingerprint density at radius 2 is 2.10 bits per heavy atom. The molecule has 0 amide bonds. The van der Waals surface area contributed by atoms with Gasteiger partial charge in [-0.3, -0.25) is 14.3 Å². The molecule has 9 nitrogen and oxygen atoms in total. The zero-order valence-corrected chi connectivity index (χ0v) is 22.7. The molecule has 0 saturated carbocycles. The molecule has 2 aliphatic rings. The van der Waals surface area contributed by atoms with Crippen LogP contribution in [-0.2, 0) is 6.54 Å². The smallest absolute Gasteiger partial charge is 0.140 e. The predicted molar refractivity (Wildman–Crippen MR) is 158 cm³/mol. The van der Waals surface area contributed by atoms with Crippen molar-refractivity contribution < 1.29 is 4.74 Å². The number of benzene rings is 1. The van der Waals surface area contributed by atoms with Crippen LogP contribution in [0.3, 0.4) is 0 Å². The molecule has 6 rings (SSSR count). The molecule has 2 aliphatic heterocycles. The first-order chi connectivity index (χ1) is 19.2. The van der Waals surface area contributed by atoms with Gasteiger partial charge in [-0.25, -0.2) is 15.0 Å². The molecule has 0 aliphatic carbocycles. The summed E-state index contributed by atoms with van der Waals surface area (Å²) >= 11 is 2.12. The number of aromatic nitrogens is 4. The summed E-state index contributed by atoms with van der Waals surface area (Å²) in [5.74, 6) is 2.85. The van der Waals surface area contributed by atoms with Crippen LogP contribution in [-0.4, -0.2) is 74.3 Å². The van der Waals surface area contributed by atoms with Crippen LogP contribution in [0.25, 0.3) is 22.6 Å². The van der Waals surface area contributed by atoms with Gasteiger partial charge in [-0.05, 0) is 23.6 Å². The number of anilines is 1. The average Bonchev–Trinajstić information content (AvgIpc) is 3.71. The fourth-order valence-electron chi connectivity index (χ4n) is 5.23. The Morgan fingerprint density at radius 3 is 2.87 bits per heavy atom. The van der Waals surface area contributed by atoms with E-state index < -0.39 is 0 Å². The minimum Gasteiger partial charge on any atom is -0.492 e. The van der Waals surface area contributed by atoms with Gasteiger partial charge >= 0.3 is 0 Å². The van der Waals surface area contributed by atoms with E-state index in [1.807, 2.05) is 47.1 Å². The van der Waals surface area contributed by atoms with Crippen molar-refractivity contribution in [3.05, 3.63) is 78.5 Å². The number of aliphatic imine (C=N–C) groups is 1. The lowest BCUT2D eigenvalue weighted by atomic mass is 10.1. The maximum absolute atomic E-state index is 6.08. The van der Waals surface area contributed by atoms with Gasteiger partial charge < -0.3 is 15.8 Å². The van der Waals surface area contributed by atoms with Gasteiger partial charge in [0.25, 0.3) is 0 Å². The highest BCUT2D eigenvalue weighted by Gasteiger charge is 2.37. The van der Waals surface area contributed by atoms with Crippen molar-refractivity contribution in [1.29, 1.82) is 0 Å². The highest BCUT2D eigenvalue weighted by Crippen LogP contribution is 2.37. The Kier molecular flexibility index (Phi) is 7.46. The zero-order valence-electron chi connectivity index (χ0n) is 21.9. The number of nitrogens with zero attached hydrogens (tertiary/aromatic N) is 6. The van der Waals surface area contributed by atoms with Gasteiger partial charge in [-0.2, -0.15) is 11.8 Å². The Bertz CT molecular complexity index is 1500. The summed E-state index contributed by atoms with van der Waals surface area (Å²) in [4.78, 5) is 20.1. The molecule has 2 bridgehead atoms. The van der Waals surface area contributed by atoms with Crippen LogP contribution in [0.1, 0.15) is 17.5 Å². The molecule has 5 heterocycles. The molecular formula is C29H32N8OS. The second-order valence-corrected chi connectivity index (χ2v) is 11.1. The third-order valence-corrected chi connectivity index (χ3v) is 8.67. The van der Waals surface area contributed by atoms with E-state index in [0.717, 1.165) is 63.1 Å². The third-order valence-electron chi connectivity index (χ3n) is 7.28. The fourth-order valence-corrected chi connectivity index (χ4v) is 6.73. The largest absolute Gasteiger partial charge is 0.492 e. The molecule has 200 valence electrons. The maximum atomic E-state index is 6.08. The average molecular weight is 541 g/mol. The number of likely N-dealkylation sites (tertiary alicyclic amines) is 1. The van der Waals surface area contributed by atoms with Crippen LogP contribution in [0.4, 0.5) is 5.82 Å². The SMILES string of the molecule is CN=C/C(=C\N)c1ccc(CNc2cc(-c3cnc4cc(OCCN5CC6CC5CS6)ccn34)ncn2)cc1. The molecule has 3 N–H and O–H groups in total. The van der Waals surface area contributed by atoms with Gasteiger partial charge in [0.15, 0.2) is 0 Å². The summed E-state index contributed by atoms with van der Waals surface area (Å²) in [6, 6.07) is 14.9. The molecule has 1 aromatic carbocycles. The van der Waals surface area contributed by atoms with E-state index in [1.54, 1.807) is 25.8 Å². The topological polar surface area (TPSA) is 106 Å². The summed E-state index contributed by atoms with van der Waals surface area (Å²) in [7, 11) is 1.73. The molecule has 3 aromatic heterocycles. The van der Waals surface area contributed by atoms with Crippen LogP contribution in [0, 0.1) is 0 Å². The van der Waals surface area contributed by atoms with Gasteiger partial charge in [0.1, 0.15) is 30.1 Å². The van der Waals surface area contributed by atoms with Crippen molar-refractivity contribution in [2.75, 3.05) is 37.8 Å². The molecule has 2 saturated heterocycles. The summed E-state index contributed by atoms with van der Waals surface area (Å²) < 4.78 is 8.10. The second-order valence-electron chi connectivity index (χ2n) is 9.77. The first-order valence-electron chi connectivity index (χ1n) is 13.2. The molecule has 2 fully saturated rings. The van der Waals surface area contributed by atoms with Gasteiger partial charge in [-0.15, -0.1) is 0 Å². The molecule has 0 spiro atoms. The molecule has 39 heavy (non-hydrogen) atoms. The first kappa shape index (κ1) is 25.4. The van der Waals surface area contributed by atoms with Crippen molar-refractivity contribution in [2.45, 2.75) is 24.3 Å². The van der Waals surface area contributed by atoms with Crippen molar-refractivity contribution >= 4 is 35.0 Å². The number of rotatable bonds is 10. The number of hydrogen-bond acceptors (Lipinski definition) is 9. The summed E-state index contributed by atoms with van der Waals surface area (Å²) in [5.41, 5.74) is 11.3. The van der Waals surface area contributed by atoms with E-state index >= 15 is 0 Å². The first-order valence-corrected chi connectivity index (χ1v) is 14.2. The van der Waals surface area contributed by atoms with Crippen LogP contribution in [0.5, 0.6) is 5.75 Å². The highest BCUT2D eigenvalue weighted by atomic mass is 32.2. The van der Waals surface area contributed by atoms with E-state index in [9.17, 15) is 0 Å². The van der Waals surface area contributed by atoms with E-state index in [-0.39, 0.29) is 0 Å². The number of nitrogens with one attached hydrogen (secondary N) is 1. The number of imidazole rings is 1. The fraction of sp³-hybridized carbons (Fsp3) is 0.310. The maximum Gasteiger partial charge on any atom is 0.140 e. The Balaban J connectivity index is 1.08. The molecule has 2 atom stereocenters. The zero-order chi connectivity index (χ0) is 26.6. The predicted octanol–water partition coefficient (Wildman–Crippen LogP) is 3.97. The minimum atomic E-state index is 0.631. The summed E-state index contributed by atoms with van der Waals surface area (Å²) in [5, 5.41) is 4.22. The standard InChI is InChI=1S/C29H32N8OS/c1-31-15-22(13-30)21-4-2-20(3-5-21)14-32-28-12-26(34-19-35-28)27-16-33-29-11-24(6-7-37(27)29)38-9-8-36-17-25-10-23(36)18-39-25/h2-7,11-13,15-16,19,23,25H,8-10,14,17-18,30H2,1H3,(H,32,34,35)/b22-13+,31-15?. The van der Waals surface area contributed by atoms with E-state index in [1.165, 1.54) is 18.7 Å². The lowest BCUT2D eigenvalue weighted by Gasteiger charge is -2.26. The number of ether oxygens (including phenoxy) is 1. The number of allylic oxidation sites excluding steroid dienone is 1. The molecule has 10 heteroatoms. The Morgan fingerprint density at radius 1 is 1.21 bits per heavy atom. The van der Waals surface area contributed by atoms with Crippen molar-refractivity contribution in [1.82, 2.24) is 24.3 Å². The monoisotopic (exact) mass is 540 g/mol. The van der Waals surface area contributed by atoms with Crippen molar-refractivity contribution in [3.8, 4) is 17.1 Å². The molecular weight excluding hydrogens is 508 g/mol. The van der Waals surface area contributed by atoms with Crippen LogP contribution in [0.2, 0.25) is 0 Å². The Hall–Kier alpha value is -3.89. The second kappa shape index (κ2) is 11.5. The molecule has 0 radical (unpaired) electrons. The van der Waals surface area contributed by atoms with Crippen molar-refractivity contribution in [2.24, 2.45) is 10.7 Å². The van der Waals surface area contributed by atoms with E-state index in [2.05, 4.69) is 54.1 Å². The molecule has 4 aromatic rings. The molecule has 2 unspecified atom stereocenters. The van der Waals surface area contributed by atoms with Crippen LogP contribution in [0.15, 0.2) is 72.4 Å². The lowest BCUT2D eigenvalue weighted by molar-refractivity contribution is 0.205. The number of nitrogens with two attached hydrogens (primary N) is 1. The summed E-state index contributed by atoms with van der Waals surface area (Å²) in [6.07, 6.45) is 10.1. The lowest BCUT2D eigenvalue weighted by Crippen LogP contribution is -2.36. The normalized spacial score (nSPS) is 19.4. The third kappa shape index (κ3) is 5.62. The Labute approximate surface area is 232 Å². The summed E-state index contributed by atoms with van der Waals surface area (Å²) in [6.45, 7) is 3.50. The van der Waals surface area contributed by atoms with Gasteiger partial charge in [-0.1, -0.05) is 24.3 Å². The number of hydrogen-bond donors (Lipinski definition) is 2. The van der Waals surface area contributed by atoms with E-state index in [4.69, 9.17) is 10.5 Å².